The molecular formula is C18H23NO. The Labute approximate surface area is 121 Å². The van der Waals surface area contributed by atoms with Crippen molar-refractivity contribution in [1.29, 1.82) is 0 Å². The van der Waals surface area contributed by atoms with E-state index in [1.807, 2.05) is 12.1 Å². The van der Waals surface area contributed by atoms with Crippen molar-refractivity contribution in [2.45, 2.75) is 33.2 Å². The van der Waals surface area contributed by atoms with E-state index in [2.05, 4.69) is 49.9 Å². The number of anilines is 1. The fourth-order valence-electron chi connectivity index (χ4n) is 2.65. The number of phenolic OH excluding ortho intramolecular Hbond substituents is 1. The molecule has 0 saturated heterocycles. The molecule has 2 heteroatoms. The third-order valence-electron chi connectivity index (χ3n) is 3.75. The van der Waals surface area contributed by atoms with Crippen LogP contribution in [-0.2, 0) is 0 Å². The molecule has 2 aromatic rings. The number of hydrogen-bond donors (Lipinski definition) is 1. The predicted octanol–water partition coefficient (Wildman–Crippen LogP) is 4.68. The molecule has 0 bridgehead atoms. The number of hydrogen-bond acceptors (Lipinski definition) is 2. The van der Waals surface area contributed by atoms with Gasteiger partial charge in [-0.25, -0.2) is 0 Å². The van der Waals surface area contributed by atoms with Crippen molar-refractivity contribution >= 4 is 5.69 Å². The molecule has 0 aromatic heterocycles. The molecular weight excluding hydrogens is 246 g/mol. The first-order valence-corrected chi connectivity index (χ1v) is 7.28. The van der Waals surface area contributed by atoms with Crippen LogP contribution in [0.25, 0.3) is 0 Å². The molecule has 2 nitrogen and oxygen atoms in total. The number of phenols is 1. The first-order chi connectivity index (χ1) is 9.65. The molecule has 0 amide bonds. The maximum atomic E-state index is 9.44. The summed E-state index contributed by atoms with van der Waals surface area (Å²) in [5, 5.41) is 9.44. The third kappa shape index (κ3) is 3.13. The lowest BCUT2D eigenvalue weighted by Gasteiger charge is -2.32. The monoisotopic (exact) mass is 269 g/mol. The molecule has 1 atom stereocenters. The highest BCUT2D eigenvalue weighted by Gasteiger charge is 2.17. The Hall–Kier alpha value is -1.96. The molecule has 0 heterocycles. The van der Waals surface area contributed by atoms with Gasteiger partial charge in [-0.1, -0.05) is 36.8 Å². The van der Waals surface area contributed by atoms with Crippen LogP contribution in [0, 0.1) is 6.92 Å². The highest BCUT2D eigenvalue weighted by atomic mass is 16.3. The van der Waals surface area contributed by atoms with Crippen molar-refractivity contribution < 1.29 is 5.11 Å². The molecule has 0 saturated carbocycles. The molecule has 0 aliphatic carbocycles. The summed E-state index contributed by atoms with van der Waals surface area (Å²) in [7, 11) is 0. The van der Waals surface area contributed by atoms with Crippen molar-refractivity contribution in [3.05, 3.63) is 59.7 Å². The van der Waals surface area contributed by atoms with Gasteiger partial charge in [0.15, 0.2) is 0 Å². The van der Waals surface area contributed by atoms with Crippen LogP contribution in [0.3, 0.4) is 0 Å². The standard InChI is InChI=1S/C18H23NO/c1-4-18(15-8-12-17(20)13-9-15)19(5-2)16-10-6-14(3)7-11-16/h6-13,18,20H,4-5H2,1-3H3. The fraction of sp³-hybridized carbons (Fsp3) is 0.333. The summed E-state index contributed by atoms with van der Waals surface area (Å²) in [6.45, 7) is 7.46. The van der Waals surface area contributed by atoms with Crippen LogP contribution >= 0.6 is 0 Å². The first kappa shape index (κ1) is 14.4. The smallest absolute Gasteiger partial charge is 0.115 e. The number of nitrogens with zero attached hydrogens (tertiary/aromatic N) is 1. The Morgan fingerprint density at radius 1 is 0.950 bits per heavy atom. The summed E-state index contributed by atoms with van der Waals surface area (Å²) in [4.78, 5) is 2.41. The highest BCUT2D eigenvalue weighted by Crippen LogP contribution is 2.30. The van der Waals surface area contributed by atoms with E-state index in [0.29, 0.717) is 11.8 Å². The molecule has 2 aromatic carbocycles. The minimum Gasteiger partial charge on any atom is -0.508 e. The van der Waals surface area contributed by atoms with Gasteiger partial charge in [-0.2, -0.15) is 0 Å². The third-order valence-corrected chi connectivity index (χ3v) is 3.75. The molecule has 0 fully saturated rings. The summed E-state index contributed by atoms with van der Waals surface area (Å²) in [6, 6.07) is 16.6. The van der Waals surface area contributed by atoms with E-state index in [0.717, 1.165) is 13.0 Å². The summed E-state index contributed by atoms with van der Waals surface area (Å²) in [6.07, 6.45) is 1.03. The summed E-state index contributed by atoms with van der Waals surface area (Å²) in [5.41, 5.74) is 3.77. The van der Waals surface area contributed by atoms with Crippen LogP contribution in [0.15, 0.2) is 48.5 Å². The van der Waals surface area contributed by atoms with E-state index in [9.17, 15) is 5.11 Å². The molecule has 0 spiro atoms. The van der Waals surface area contributed by atoms with Crippen LogP contribution < -0.4 is 4.90 Å². The van der Waals surface area contributed by atoms with Gasteiger partial charge in [0.05, 0.1) is 6.04 Å². The van der Waals surface area contributed by atoms with Gasteiger partial charge < -0.3 is 10.0 Å². The van der Waals surface area contributed by atoms with Crippen LogP contribution in [0.1, 0.15) is 37.4 Å². The van der Waals surface area contributed by atoms with Crippen molar-refractivity contribution in [3.8, 4) is 5.75 Å². The van der Waals surface area contributed by atoms with E-state index in [1.165, 1.54) is 16.8 Å². The molecule has 1 unspecified atom stereocenters. The van der Waals surface area contributed by atoms with Crippen molar-refractivity contribution in [2.75, 3.05) is 11.4 Å². The second kappa shape index (κ2) is 6.47. The Morgan fingerprint density at radius 3 is 2.05 bits per heavy atom. The fourth-order valence-corrected chi connectivity index (χ4v) is 2.65. The number of rotatable bonds is 5. The second-order valence-corrected chi connectivity index (χ2v) is 5.14. The Kier molecular flexibility index (Phi) is 4.67. The van der Waals surface area contributed by atoms with Crippen molar-refractivity contribution in [2.24, 2.45) is 0 Å². The molecule has 106 valence electrons. The topological polar surface area (TPSA) is 23.5 Å². The second-order valence-electron chi connectivity index (χ2n) is 5.14. The largest absolute Gasteiger partial charge is 0.508 e. The molecule has 0 aliphatic heterocycles. The van der Waals surface area contributed by atoms with E-state index < -0.39 is 0 Å². The maximum absolute atomic E-state index is 9.44. The van der Waals surface area contributed by atoms with Crippen LogP contribution in [0.5, 0.6) is 5.75 Å². The normalized spacial score (nSPS) is 12.2. The average Bonchev–Trinajstić information content (AvgIpc) is 2.47. The van der Waals surface area contributed by atoms with Gasteiger partial charge in [0.25, 0.3) is 0 Å². The van der Waals surface area contributed by atoms with Crippen LogP contribution in [0.4, 0.5) is 5.69 Å². The van der Waals surface area contributed by atoms with Gasteiger partial charge in [-0.15, -0.1) is 0 Å². The maximum Gasteiger partial charge on any atom is 0.115 e. The molecule has 2 rings (SSSR count). The van der Waals surface area contributed by atoms with Gasteiger partial charge in [0, 0.05) is 12.2 Å². The zero-order valence-corrected chi connectivity index (χ0v) is 12.5. The van der Waals surface area contributed by atoms with E-state index in [1.54, 1.807) is 12.1 Å². The average molecular weight is 269 g/mol. The molecule has 0 radical (unpaired) electrons. The number of benzene rings is 2. The minimum absolute atomic E-state index is 0.321. The first-order valence-electron chi connectivity index (χ1n) is 7.28. The summed E-state index contributed by atoms with van der Waals surface area (Å²) < 4.78 is 0. The van der Waals surface area contributed by atoms with E-state index in [-0.39, 0.29) is 0 Å². The highest BCUT2D eigenvalue weighted by molar-refractivity contribution is 5.50. The number of aryl methyl sites for hydroxylation is 1. The van der Waals surface area contributed by atoms with Gasteiger partial charge in [0.1, 0.15) is 5.75 Å². The number of aromatic hydroxyl groups is 1. The summed E-state index contributed by atoms with van der Waals surface area (Å²) in [5.74, 6) is 0.321. The van der Waals surface area contributed by atoms with Crippen molar-refractivity contribution in [1.82, 2.24) is 0 Å². The van der Waals surface area contributed by atoms with E-state index >= 15 is 0 Å². The quantitative estimate of drug-likeness (QED) is 0.852. The minimum atomic E-state index is 0.321. The SMILES string of the molecule is CCC(c1ccc(O)cc1)N(CC)c1ccc(C)cc1. The summed E-state index contributed by atoms with van der Waals surface area (Å²) >= 11 is 0. The van der Waals surface area contributed by atoms with E-state index in [4.69, 9.17) is 0 Å². The van der Waals surface area contributed by atoms with Gasteiger partial charge in [-0.05, 0) is 50.1 Å². The molecule has 20 heavy (non-hydrogen) atoms. The van der Waals surface area contributed by atoms with Gasteiger partial charge in [0.2, 0.25) is 0 Å². The molecule has 1 N–H and O–H groups in total. The molecule has 0 aliphatic rings. The zero-order chi connectivity index (χ0) is 14.5. The predicted molar refractivity (Wildman–Crippen MR) is 85.3 cm³/mol. The zero-order valence-electron chi connectivity index (χ0n) is 12.5. The Bertz CT molecular complexity index is 479. The van der Waals surface area contributed by atoms with Crippen molar-refractivity contribution in [3.63, 3.8) is 0 Å². The van der Waals surface area contributed by atoms with Crippen LogP contribution in [0.2, 0.25) is 0 Å². The Balaban J connectivity index is 2.32. The Morgan fingerprint density at radius 2 is 1.55 bits per heavy atom. The lowest BCUT2D eigenvalue weighted by Crippen LogP contribution is -2.28. The lowest BCUT2D eigenvalue weighted by molar-refractivity contribution is 0.474. The lowest BCUT2D eigenvalue weighted by atomic mass is 10.0. The van der Waals surface area contributed by atoms with Gasteiger partial charge >= 0.3 is 0 Å². The van der Waals surface area contributed by atoms with Crippen LogP contribution in [-0.4, -0.2) is 11.7 Å². The van der Waals surface area contributed by atoms with Gasteiger partial charge in [-0.3, -0.25) is 0 Å².